The molecule has 1 nitrogen and oxygen atoms in total. The molecule has 2 rings (SSSR count). The summed E-state index contributed by atoms with van der Waals surface area (Å²) in [6, 6.07) is 6.73. The highest BCUT2D eigenvalue weighted by molar-refractivity contribution is 5.38. The number of aryl methyl sites for hydroxylation is 2. The van der Waals surface area contributed by atoms with E-state index in [1.807, 2.05) is 0 Å². The highest BCUT2D eigenvalue weighted by Gasteiger charge is 2.51. The molecule has 0 unspecified atom stereocenters. The lowest BCUT2D eigenvalue weighted by atomic mass is 9.75. The Hall–Kier alpha value is -0.820. The first kappa shape index (κ1) is 10.7. The molecule has 1 aliphatic rings. The van der Waals surface area contributed by atoms with E-state index in [1.54, 1.807) is 0 Å². The quantitative estimate of drug-likeness (QED) is 0.785. The van der Waals surface area contributed by atoms with Crippen LogP contribution in [0.25, 0.3) is 0 Å². The Morgan fingerprint density at radius 2 is 1.73 bits per heavy atom. The van der Waals surface area contributed by atoms with Crippen LogP contribution in [0.4, 0.5) is 0 Å². The second-order valence-electron chi connectivity index (χ2n) is 5.58. The van der Waals surface area contributed by atoms with Crippen molar-refractivity contribution in [3.8, 4) is 0 Å². The third-order valence-corrected chi connectivity index (χ3v) is 4.26. The average molecular weight is 203 g/mol. The van der Waals surface area contributed by atoms with Crippen molar-refractivity contribution in [2.24, 2.45) is 5.73 Å². The zero-order valence-electron chi connectivity index (χ0n) is 10.2. The van der Waals surface area contributed by atoms with E-state index in [9.17, 15) is 0 Å². The van der Waals surface area contributed by atoms with Gasteiger partial charge in [-0.15, -0.1) is 0 Å². The molecule has 0 aromatic heterocycles. The molecule has 1 aromatic rings. The van der Waals surface area contributed by atoms with E-state index in [2.05, 4.69) is 45.9 Å². The molecule has 1 aliphatic carbocycles. The van der Waals surface area contributed by atoms with Gasteiger partial charge in [0.05, 0.1) is 0 Å². The standard InChI is InChI=1S/C14H21N/c1-10-5-6-12(9-11(10)2)13(3,4)14(15)7-8-14/h5-6,9H,7-8,15H2,1-4H3. The van der Waals surface area contributed by atoms with Gasteiger partial charge in [-0.05, 0) is 43.4 Å². The van der Waals surface area contributed by atoms with Crippen molar-refractivity contribution < 1.29 is 0 Å². The Morgan fingerprint density at radius 1 is 1.13 bits per heavy atom. The SMILES string of the molecule is Cc1ccc(C(C)(C)C2(N)CC2)cc1C. The molecule has 1 saturated carbocycles. The normalized spacial score (nSPS) is 19.0. The summed E-state index contributed by atoms with van der Waals surface area (Å²) < 4.78 is 0. The molecule has 82 valence electrons. The molecule has 0 spiro atoms. The van der Waals surface area contributed by atoms with Gasteiger partial charge in [0.2, 0.25) is 0 Å². The van der Waals surface area contributed by atoms with Crippen molar-refractivity contribution in [1.29, 1.82) is 0 Å². The maximum atomic E-state index is 6.34. The first-order valence-corrected chi connectivity index (χ1v) is 5.73. The number of hydrogen-bond acceptors (Lipinski definition) is 1. The molecule has 0 bridgehead atoms. The molecule has 0 heterocycles. The molecule has 15 heavy (non-hydrogen) atoms. The largest absolute Gasteiger partial charge is 0.324 e. The summed E-state index contributed by atoms with van der Waals surface area (Å²) in [6.07, 6.45) is 2.32. The highest BCUT2D eigenvalue weighted by atomic mass is 14.9. The molecule has 0 radical (unpaired) electrons. The molecule has 1 heteroatoms. The molecule has 1 aromatic carbocycles. The first-order valence-electron chi connectivity index (χ1n) is 5.73. The van der Waals surface area contributed by atoms with Crippen LogP contribution in [0.15, 0.2) is 18.2 Å². The Balaban J connectivity index is 2.41. The van der Waals surface area contributed by atoms with Gasteiger partial charge in [0, 0.05) is 11.0 Å². The zero-order chi connectivity index (χ0) is 11.3. The second-order valence-corrected chi connectivity index (χ2v) is 5.58. The second kappa shape index (κ2) is 3.08. The van der Waals surface area contributed by atoms with Crippen molar-refractivity contribution in [2.75, 3.05) is 0 Å². The Morgan fingerprint density at radius 3 is 2.20 bits per heavy atom. The first-order chi connectivity index (χ1) is 6.87. The minimum absolute atomic E-state index is 0.0364. The summed E-state index contributed by atoms with van der Waals surface area (Å²) >= 11 is 0. The van der Waals surface area contributed by atoms with Crippen molar-refractivity contribution in [2.45, 2.75) is 51.5 Å². The van der Waals surface area contributed by atoms with Gasteiger partial charge in [0.15, 0.2) is 0 Å². The van der Waals surface area contributed by atoms with Gasteiger partial charge in [-0.25, -0.2) is 0 Å². The predicted molar refractivity (Wildman–Crippen MR) is 65.1 cm³/mol. The average Bonchev–Trinajstić information content (AvgIpc) is 2.90. The van der Waals surface area contributed by atoms with Crippen molar-refractivity contribution in [3.05, 3.63) is 34.9 Å². The lowest BCUT2D eigenvalue weighted by Gasteiger charge is -2.33. The van der Waals surface area contributed by atoms with E-state index >= 15 is 0 Å². The summed E-state index contributed by atoms with van der Waals surface area (Å²) in [5.74, 6) is 0. The Bertz CT molecular complexity index is 386. The molecule has 0 amide bonds. The number of nitrogens with two attached hydrogens (primary N) is 1. The lowest BCUT2D eigenvalue weighted by Crippen LogP contribution is -2.43. The number of benzene rings is 1. The lowest BCUT2D eigenvalue weighted by molar-refractivity contribution is 0.391. The highest BCUT2D eigenvalue weighted by Crippen LogP contribution is 2.49. The van der Waals surface area contributed by atoms with Crippen LogP contribution in [0.1, 0.15) is 43.4 Å². The molecule has 0 saturated heterocycles. The fraction of sp³-hybridized carbons (Fsp3) is 0.571. The van der Waals surface area contributed by atoms with Crippen LogP contribution >= 0.6 is 0 Å². The van der Waals surface area contributed by atoms with Gasteiger partial charge < -0.3 is 5.73 Å². The number of hydrogen-bond donors (Lipinski definition) is 1. The monoisotopic (exact) mass is 203 g/mol. The van der Waals surface area contributed by atoms with Crippen LogP contribution in [0.5, 0.6) is 0 Å². The van der Waals surface area contributed by atoms with Crippen LogP contribution in [0.3, 0.4) is 0 Å². The van der Waals surface area contributed by atoms with Gasteiger partial charge in [0.25, 0.3) is 0 Å². The van der Waals surface area contributed by atoms with Crippen molar-refractivity contribution in [1.82, 2.24) is 0 Å². The van der Waals surface area contributed by atoms with Crippen molar-refractivity contribution >= 4 is 0 Å². The van der Waals surface area contributed by atoms with Gasteiger partial charge in [-0.1, -0.05) is 32.0 Å². The van der Waals surface area contributed by atoms with Crippen LogP contribution in [-0.4, -0.2) is 5.54 Å². The predicted octanol–water partition coefficient (Wildman–Crippen LogP) is 3.07. The Labute approximate surface area is 92.7 Å². The molecule has 2 N–H and O–H groups in total. The summed E-state index contributed by atoms with van der Waals surface area (Å²) in [6.45, 7) is 8.86. The summed E-state index contributed by atoms with van der Waals surface area (Å²) in [4.78, 5) is 0. The fourth-order valence-corrected chi connectivity index (χ4v) is 2.18. The third-order valence-electron chi connectivity index (χ3n) is 4.26. The van der Waals surface area contributed by atoms with Crippen LogP contribution in [-0.2, 0) is 5.41 Å². The van der Waals surface area contributed by atoms with E-state index < -0.39 is 0 Å². The topological polar surface area (TPSA) is 26.0 Å². The van der Waals surface area contributed by atoms with Gasteiger partial charge >= 0.3 is 0 Å². The fourth-order valence-electron chi connectivity index (χ4n) is 2.18. The van der Waals surface area contributed by atoms with E-state index in [0.717, 1.165) is 12.8 Å². The van der Waals surface area contributed by atoms with Crippen LogP contribution in [0, 0.1) is 13.8 Å². The summed E-state index contributed by atoms with van der Waals surface area (Å²) in [7, 11) is 0. The van der Waals surface area contributed by atoms with E-state index in [-0.39, 0.29) is 11.0 Å². The smallest absolute Gasteiger partial charge is 0.0248 e. The molecule has 0 aliphatic heterocycles. The number of rotatable bonds is 2. The molecule has 1 fully saturated rings. The summed E-state index contributed by atoms with van der Waals surface area (Å²) in [5.41, 5.74) is 10.6. The van der Waals surface area contributed by atoms with E-state index in [0.29, 0.717) is 0 Å². The van der Waals surface area contributed by atoms with Gasteiger partial charge in [0.1, 0.15) is 0 Å². The molecule has 0 atom stereocenters. The van der Waals surface area contributed by atoms with Crippen LogP contribution < -0.4 is 5.73 Å². The van der Waals surface area contributed by atoms with E-state index in [4.69, 9.17) is 5.73 Å². The van der Waals surface area contributed by atoms with Crippen molar-refractivity contribution in [3.63, 3.8) is 0 Å². The minimum atomic E-state index is 0.0364. The maximum Gasteiger partial charge on any atom is 0.0248 e. The van der Waals surface area contributed by atoms with E-state index in [1.165, 1.54) is 16.7 Å². The van der Waals surface area contributed by atoms with Gasteiger partial charge in [-0.2, -0.15) is 0 Å². The molecular weight excluding hydrogens is 182 g/mol. The maximum absolute atomic E-state index is 6.34. The molecular formula is C14H21N. The Kier molecular flexibility index (Phi) is 2.20. The third kappa shape index (κ3) is 1.59. The minimum Gasteiger partial charge on any atom is -0.324 e. The zero-order valence-corrected chi connectivity index (χ0v) is 10.2. The summed E-state index contributed by atoms with van der Waals surface area (Å²) in [5, 5.41) is 0. The van der Waals surface area contributed by atoms with Crippen LogP contribution in [0.2, 0.25) is 0 Å². The van der Waals surface area contributed by atoms with Gasteiger partial charge in [-0.3, -0.25) is 0 Å².